The lowest BCUT2D eigenvalue weighted by Gasteiger charge is -2.24. The van der Waals surface area contributed by atoms with Gasteiger partial charge in [-0.25, -0.2) is 8.78 Å². The zero-order valence-electron chi connectivity index (χ0n) is 7.89. The summed E-state index contributed by atoms with van der Waals surface area (Å²) in [4.78, 5) is 0. The molecular formula is C11H13F2N. The molecule has 76 valence electrons. The summed E-state index contributed by atoms with van der Waals surface area (Å²) < 4.78 is 26.1. The van der Waals surface area contributed by atoms with E-state index in [4.69, 9.17) is 5.73 Å². The van der Waals surface area contributed by atoms with Crippen LogP contribution in [0.1, 0.15) is 31.2 Å². The van der Waals surface area contributed by atoms with Gasteiger partial charge in [0, 0.05) is 17.2 Å². The Bertz CT molecular complexity index is 343. The van der Waals surface area contributed by atoms with Gasteiger partial charge in [-0.05, 0) is 18.9 Å². The molecule has 2 rings (SSSR count). The number of halogens is 2. The molecule has 0 atom stereocenters. The average molecular weight is 197 g/mol. The first-order chi connectivity index (χ1) is 6.62. The molecule has 0 amide bonds. The highest BCUT2D eigenvalue weighted by Gasteiger charge is 2.33. The largest absolute Gasteiger partial charge is 0.321 e. The summed E-state index contributed by atoms with van der Waals surface area (Å²) >= 11 is 0. The Kier molecular flexibility index (Phi) is 2.27. The summed E-state index contributed by atoms with van der Waals surface area (Å²) in [5.41, 5.74) is 5.95. The van der Waals surface area contributed by atoms with Crippen molar-refractivity contribution in [1.82, 2.24) is 0 Å². The molecule has 1 aromatic carbocycles. The molecule has 0 radical (unpaired) electrons. The fourth-order valence-corrected chi connectivity index (χ4v) is 2.17. The van der Waals surface area contributed by atoms with E-state index in [0.29, 0.717) is 5.56 Å². The minimum Gasteiger partial charge on any atom is -0.321 e. The third-order valence-electron chi connectivity index (χ3n) is 2.96. The van der Waals surface area contributed by atoms with Crippen LogP contribution in [0.3, 0.4) is 0 Å². The van der Waals surface area contributed by atoms with Crippen molar-refractivity contribution in [2.75, 3.05) is 0 Å². The minimum atomic E-state index is -0.572. The predicted octanol–water partition coefficient (Wildman–Crippen LogP) is 2.69. The van der Waals surface area contributed by atoms with Gasteiger partial charge in [0.05, 0.1) is 0 Å². The van der Waals surface area contributed by atoms with Crippen LogP contribution in [0.4, 0.5) is 8.78 Å². The first kappa shape index (κ1) is 9.59. The zero-order chi connectivity index (χ0) is 10.2. The van der Waals surface area contributed by atoms with Crippen molar-refractivity contribution in [3.8, 4) is 0 Å². The highest BCUT2D eigenvalue weighted by molar-refractivity contribution is 5.27. The van der Waals surface area contributed by atoms with Crippen LogP contribution in [-0.4, -0.2) is 0 Å². The second-order valence-corrected chi connectivity index (χ2v) is 3.99. The number of rotatable bonds is 1. The van der Waals surface area contributed by atoms with E-state index >= 15 is 0 Å². The van der Waals surface area contributed by atoms with E-state index in [1.165, 1.54) is 12.1 Å². The molecule has 1 nitrogen and oxygen atoms in total. The molecule has 0 saturated heterocycles. The van der Waals surface area contributed by atoms with Gasteiger partial charge in [-0.15, -0.1) is 0 Å². The number of nitrogens with two attached hydrogens (primary N) is 1. The van der Waals surface area contributed by atoms with Crippen molar-refractivity contribution in [2.45, 2.75) is 31.2 Å². The molecule has 1 aromatic rings. The molecule has 3 heteroatoms. The normalized spacial score (nSPS) is 19.9. The molecule has 0 spiro atoms. The summed E-state index contributed by atoms with van der Waals surface area (Å²) in [5.74, 6) is -1.07. The SMILES string of the molecule is NC1(c2ccc(F)cc2F)CCCC1. The Morgan fingerprint density at radius 3 is 2.36 bits per heavy atom. The van der Waals surface area contributed by atoms with Crippen LogP contribution in [-0.2, 0) is 5.54 Å². The monoisotopic (exact) mass is 197 g/mol. The Morgan fingerprint density at radius 2 is 1.79 bits per heavy atom. The summed E-state index contributed by atoms with van der Waals surface area (Å²) in [6.45, 7) is 0. The van der Waals surface area contributed by atoms with Gasteiger partial charge < -0.3 is 5.73 Å². The maximum absolute atomic E-state index is 13.4. The lowest BCUT2D eigenvalue weighted by molar-refractivity contribution is 0.430. The van der Waals surface area contributed by atoms with Crippen molar-refractivity contribution < 1.29 is 8.78 Å². The van der Waals surface area contributed by atoms with Crippen LogP contribution in [0.5, 0.6) is 0 Å². The first-order valence-corrected chi connectivity index (χ1v) is 4.86. The summed E-state index contributed by atoms with van der Waals surface area (Å²) in [7, 11) is 0. The van der Waals surface area contributed by atoms with Gasteiger partial charge in [0.2, 0.25) is 0 Å². The van der Waals surface area contributed by atoms with Gasteiger partial charge in [-0.2, -0.15) is 0 Å². The Hall–Kier alpha value is -0.960. The van der Waals surface area contributed by atoms with E-state index in [1.54, 1.807) is 0 Å². The van der Waals surface area contributed by atoms with Crippen molar-refractivity contribution >= 4 is 0 Å². The van der Waals surface area contributed by atoms with Crippen LogP contribution < -0.4 is 5.73 Å². The van der Waals surface area contributed by atoms with Gasteiger partial charge in [0.15, 0.2) is 0 Å². The molecule has 0 aromatic heterocycles. The molecule has 14 heavy (non-hydrogen) atoms. The van der Waals surface area contributed by atoms with Gasteiger partial charge in [-0.3, -0.25) is 0 Å². The molecule has 1 aliphatic carbocycles. The fourth-order valence-electron chi connectivity index (χ4n) is 2.17. The molecule has 1 fully saturated rings. The van der Waals surface area contributed by atoms with Crippen molar-refractivity contribution in [3.05, 3.63) is 35.4 Å². The summed E-state index contributed by atoms with van der Waals surface area (Å²) in [6.07, 6.45) is 3.62. The maximum atomic E-state index is 13.4. The van der Waals surface area contributed by atoms with Crippen molar-refractivity contribution in [3.63, 3.8) is 0 Å². The van der Waals surface area contributed by atoms with Gasteiger partial charge in [0.1, 0.15) is 11.6 Å². The van der Waals surface area contributed by atoms with Gasteiger partial charge >= 0.3 is 0 Å². The van der Waals surface area contributed by atoms with Crippen LogP contribution >= 0.6 is 0 Å². The molecule has 0 unspecified atom stereocenters. The first-order valence-electron chi connectivity index (χ1n) is 4.86. The second kappa shape index (κ2) is 3.31. The summed E-state index contributed by atoms with van der Waals surface area (Å²) in [5, 5.41) is 0. The third-order valence-corrected chi connectivity index (χ3v) is 2.96. The average Bonchev–Trinajstić information content (AvgIpc) is 2.52. The number of hydrogen-bond acceptors (Lipinski definition) is 1. The van der Waals surface area contributed by atoms with Crippen LogP contribution in [0, 0.1) is 11.6 Å². The van der Waals surface area contributed by atoms with E-state index in [-0.39, 0.29) is 0 Å². The predicted molar refractivity (Wildman–Crippen MR) is 50.7 cm³/mol. The standard InChI is InChI=1S/C11H13F2N/c12-8-3-4-9(10(13)7-8)11(14)5-1-2-6-11/h3-4,7H,1-2,5-6,14H2. The number of benzene rings is 1. The number of hydrogen-bond donors (Lipinski definition) is 1. The van der Waals surface area contributed by atoms with E-state index in [2.05, 4.69) is 0 Å². The molecule has 0 heterocycles. The molecule has 1 aliphatic rings. The highest BCUT2D eigenvalue weighted by Crippen LogP contribution is 2.37. The topological polar surface area (TPSA) is 26.0 Å². The summed E-state index contributed by atoms with van der Waals surface area (Å²) in [6, 6.07) is 3.64. The third kappa shape index (κ3) is 1.52. The van der Waals surface area contributed by atoms with Crippen LogP contribution in [0.2, 0.25) is 0 Å². The quantitative estimate of drug-likeness (QED) is 0.736. The zero-order valence-corrected chi connectivity index (χ0v) is 7.89. The Balaban J connectivity index is 2.40. The fraction of sp³-hybridized carbons (Fsp3) is 0.455. The van der Waals surface area contributed by atoms with Crippen LogP contribution in [0.15, 0.2) is 18.2 Å². The Labute approximate surface area is 81.9 Å². The lowest BCUT2D eigenvalue weighted by atomic mass is 9.89. The van der Waals surface area contributed by atoms with E-state index < -0.39 is 17.2 Å². The van der Waals surface area contributed by atoms with Gasteiger partial charge in [-0.1, -0.05) is 18.9 Å². The van der Waals surface area contributed by atoms with E-state index in [0.717, 1.165) is 31.7 Å². The molecule has 2 N–H and O–H groups in total. The lowest BCUT2D eigenvalue weighted by Crippen LogP contribution is -2.34. The van der Waals surface area contributed by atoms with Crippen molar-refractivity contribution in [2.24, 2.45) is 5.73 Å². The molecule has 1 saturated carbocycles. The highest BCUT2D eigenvalue weighted by atomic mass is 19.1. The van der Waals surface area contributed by atoms with E-state index in [9.17, 15) is 8.78 Å². The van der Waals surface area contributed by atoms with Crippen LogP contribution in [0.25, 0.3) is 0 Å². The smallest absolute Gasteiger partial charge is 0.131 e. The Morgan fingerprint density at radius 1 is 1.14 bits per heavy atom. The minimum absolute atomic E-state index is 0.455. The molecule has 0 bridgehead atoms. The maximum Gasteiger partial charge on any atom is 0.131 e. The second-order valence-electron chi connectivity index (χ2n) is 3.99. The molecular weight excluding hydrogens is 184 g/mol. The van der Waals surface area contributed by atoms with Crippen molar-refractivity contribution in [1.29, 1.82) is 0 Å². The molecule has 0 aliphatic heterocycles. The van der Waals surface area contributed by atoms with Gasteiger partial charge in [0.25, 0.3) is 0 Å². The van der Waals surface area contributed by atoms with E-state index in [1.807, 2.05) is 0 Å².